The molecular weight excluding hydrogens is 160 g/mol. The van der Waals surface area contributed by atoms with Crippen molar-refractivity contribution in [2.45, 2.75) is 20.8 Å². The highest BCUT2D eigenvalue weighted by Crippen LogP contribution is 2.05. The zero-order chi connectivity index (χ0) is 9.56. The first kappa shape index (κ1) is 10.8. The fraction of sp³-hybridized carbons (Fsp3) is 0.625. The van der Waals surface area contributed by atoms with Gasteiger partial charge in [0, 0.05) is 0 Å². The number of esters is 1. The van der Waals surface area contributed by atoms with Gasteiger partial charge in [0.1, 0.15) is 5.76 Å². The largest absolute Gasteiger partial charge is 0.508 e. The SMILES string of the molecule is CCOC(=O)/C(OCC)=C(/C)O. The Labute approximate surface area is 71.8 Å². The lowest BCUT2D eigenvalue weighted by Gasteiger charge is -2.07. The van der Waals surface area contributed by atoms with Gasteiger partial charge >= 0.3 is 5.97 Å². The van der Waals surface area contributed by atoms with Crippen molar-refractivity contribution in [1.82, 2.24) is 0 Å². The van der Waals surface area contributed by atoms with Crippen LogP contribution in [0.2, 0.25) is 0 Å². The molecule has 0 amide bonds. The van der Waals surface area contributed by atoms with Gasteiger partial charge in [-0.15, -0.1) is 0 Å². The molecule has 0 atom stereocenters. The van der Waals surface area contributed by atoms with Crippen molar-refractivity contribution in [2.75, 3.05) is 13.2 Å². The van der Waals surface area contributed by atoms with Crippen molar-refractivity contribution < 1.29 is 19.4 Å². The lowest BCUT2D eigenvalue weighted by molar-refractivity contribution is -0.143. The van der Waals surface area contributed by atoms with E-state index in [0.29, 0.717) is 6.61 Å². The second-order valence-electron chi connectivity index (χ2n) is 2.07. The van der Waals surface area contributed by atoms with Gasteiger partial charge in [-0.2, -0.15) is 0 Å². The summed E-state index contributed by atoms with van der Waals surface area (Å²) in [7, 11) is 0. The average Bonchev–Trinajstić information content (AvgIpc) is 1.99. The number of hydrogen-bond donors (Lipinski definition) is 1. The van der Waals surface area contributed by atoms with E-state index in [1.807, 2.05) is 0 Å². The number of rotatable bonds is 4. The molecule has 0 spiro atoms. The van der Waals surface area contributed by atoms with Crippen LogP contribution in [0.3, 0.4) is 0 Å². The maximum Gasteiger partial charge on any atom is 0.377 e. The minimum atomic E-state index is -0.626. The third kappa shape index (κ3) is 3.27. The second kappa shape index (κ2) is 5.46. The van der Waals surface area contributed by atoms with Crippen LogP contribution in [0.4, 0.5) is 0 Å². The summed E-state index contributed by atoms with van der Waals surface area (Å²) in [5.41, 5.74) is 0. The molecule has 0 rings (SSSR count). The van der Waals surface area contributed by atoms with E-state index in [0.717, 1.165) is 0 Å². The molecule has 70 valence electrons. The average molecular weight is 174 g/mol. The number of carbonyl (C=O) groups excluding carboxylic acids is 1. The quantitative estimate of drug-likeness (QED) is 0.397. The monoisotopic (exact) mass is 174 g/mol. The Morgan fingerprint density at radius 1 is 1.25 bits per heavy atom. The second-order valence-corrected chi connectivity index (χ2v) is 2.07. The molecule has 0 saturated heterocycles. The van der Waals surface area contributed by atoms with Gasteiger partial charge in [-0.05, 0) is 20.8 Å². The number of carbonyl (C=O) groups is 1. The Morgan fingerprint density at radius 2 is 1.75 bits per heavy atom. The van der Waals surface area contributed by atoms with Crippen LogP contribution in [-0.4, -0.2) is 24.3 Å². The zero-order valence-electron chi connectivity index (χ0n) is 7.59. The maximum absolute atomic E-state index is 11.0. The van der Waals surface area contributed by atoms with E-state index in [-0.39, 0.29) is 18.1 Å². The fourth-order valence-corrected chi connectivity index (χ4v) is 0.652. The minimum Gasteiger partial charge on any atom is -0.508 e. The van der Waals surface area contributed by atoms with Crippen LogP contribution < -0.4 is 0 Å². The summed E-state index contributed by atoms with van der Waals surface area (Å²) < 4.78 is 9.51. The van der Waals surface area contributed by atoms with Gasteiger partial charge in [-0.1, -0.05) is 0 Å². The van der Waals surface area contributed by atoms with Gasteiger partial charge in [-0.3, -0.25) is 0 Å². The minimum absolute atomic E-state index is 0.112. The lowest BCUT2D eigenvalue weighted by atomic mass is 10.4. The molecule has 0 aliphatic heterocycles. The predicted octanol–water partition coefficient (Wildman–Crippen LogP) is 1.38. The van der Waals surface area contributed by atoms with Crippen molar-refractivity contribution in [3.8, 4) is 0 Å². The van der Waals surface area contributed by atoms with Gasteiger partial charge in [0.2, 0.25) is 5.76 Å². The summed E-state index contributed by atoms with van der Waals surface area (Å²) in [6, 6.07) is 0. The standard InChI is InChI=1S/C8H14O4/c1-4-11-7(6(3)9)8(10)12-5-2/h9H,4-5H2,1-3H3/b7-6+. The molecule has 0 fully saturated rings. The van der Waals surface area contributed by atoms with E-state index in [2.05, 4.69) is 4.74 Å². The first-order chi connectivity index (χ1) is 5.63. The van der Waals surface area contributed by atoms with E-state index in [1.54, 1.807) is 13.8 Å². The van der Waals surface area contributed by atoms with Gasteiger partial charge in [0.25, 0.3) is 0 Å². The molecule has 0 aromatic carbocycles. The Kier molecular flexibility index (Phi) is 4.92. The smallest absolute Gasteiger partial charge is 0.377 e. The van der Waals surface area contributed by atoms with Crippen LogP contribution in [0.15, 0.2) is 11.5 Å². The van der Waals surface area contributed by atoms with Crippen LogP contribution in [0, 0.1) is 0 Å². The highest BCUT2D eigenvalue weighted by molar-refractivity contribution is 5.86. The van der Waals surface area contributed by atoms with Crippen molar-refractivity contribution in [2.24, 2.45) is 0 Å². The normalized spacial score (nSPS) is 11.9. The maximum atomic E-state index is 11.0. The van der Waals surface area contributed by atoms with Crippen LogP contribution in [0.25, 0.3) is 0 Å². The number of aliphatic hydroxyl groups excluding tert-OH is 1. The van der Waals surface area contributed by atoms with Crippen molar-refractivity contribution in [3.05, 3.63) is 11.5 Å². The van der Waals surface area contributed by atoms with Gasteiger partial charge in [0.05, 0.1) is 13.2 Å². The Bertz CT molecular complexity index is 179. The van der Waals surface area contributed by atoms with Crippen molar-refractivity contribution in [3.63, 3.8) is 0 Å². The topological polar surface area (TPSA) is 55.8 Å². The summed E-state index contributed by atoms with van der Waals surface area (Å²) in [6.07, 6.45) is 0. The molecule has 0 aromatic heterocycles. The van der Waals surface area contributed by atoms with E-state index in [1.165, 1.54) is 6.92 Å². The molecular formula is C8H14O4. The van der Waals surface area contributed by atoms with Crippen LogP contribution >= 0.6 is 0 Å². The molecule has 0 aliphatic rings. The predicted molar refractivity (Wildman–Crippen MR) is 43.6 cm³/mol. The summed E-state index contributed by atoms with van der Waals surface area (Å²) in [4.78, 5) is 11.0. The van der Waals surface area contributed by atoms with E-state index in [9.17, 15) is 4.79 Å². The van der Waals surface area contributed by atoms with Crippen LogP contribution in [0.1, 0.15) is 20.8 Å². The molecule has 0 aromatic rings. The number of aliphatic hydroxyl groups is 1. The molecule has 1 N–H and O–H groups in total. The zero-order valence-corrected chi connectivity index (χ0v) is 7.59. The third-order valence-electron chi connectivity index (χ3n) is 1.08. The molecule has 12 heavy (non-hydrogen) atoms. The summed E-state index contributed by atoms with van der Waals surface area (Å²) >= 11 is 0. The number of allylic oxidation sites excluding steroid dienone is 1. The fourth-order valence-electron chi connectivity index (χ4n) is 0.652. The molecule has 0 bridgehead atoms. The molecule has 0 unspecified atom stereocenters. The first-order valence-corrected chi connectivity index (χ1v) is 3.83. The first-order valence-electron chi connectivity index (χ1n) is 3.83. The van der Waals surface area contributed by atoms with Gasteiger partial charge in [-0.25, -0.2) is 4.79 Å². The molecule has 0 radical (unpaired) electrons. The highest BCUT2D eigenvalue weighted by atomic mass is 16.6. The summed E-state index contributed by atoms with van der Waals surface area (Å²) in [5.74, 6) is -0.894. The molecule has 4 heteroatoms. The van der Waals surface area contributed by atoms with E-state index >= 15 is 0 Å². The third-order valence-corrected chi connectivity index (χ3v) is 1.08. The molecule has 4 nitrogen and oxygen atoms in total. The number of ether oxygens (including phenoxy) is 2. The Hall–Kier alpha value is -1.19. The summed E-state index contributed by atoms with van der Waals surface area (Å²) in [6.45, 7) is 5.38. The van der Waals surface area contributed by atoms with Gasteiger partial charge < -0.3 is 14.6 Å². The van der Waals surface area contributed by atoms with Gasteiger partial charge in [0.15, 0.2) is 0 Å². The van der Waals surface area contributed by atoms with E-state index in [4.69, 9.17) is 9.84 Å². The Morgan fingerprint density at radius 3 is 2.08 bits per heavy atom. The summed E-state index contributed by atoms with van der Waals surface area (Å²) in [5, 5.41) is 8.99. The van der Waals surface area contributed by atoms with Crippen molar-refractivity contribution >= 4 is 5.97 Å². The van der Waals surface area contributed by atoms with Crippen LogP contribution in [0.5, 0.6) is 0 Å². The molecule has 0 aliphatic carbocycles. The Balaban J connectivity index is 4.32. The number of hydrogen-bond acceptors (Lipinski definition) is 4. The van der Waals surface area contributed by atoms with Crippen LogP contribution in [-0.2, 0) is 14.3 Å². The molecule has 0 saturated carbocycles. The van der Waals surface area contributed by atoms with Crippen molar-refractivity contribution in [1.29, 1.82) is 0 Å². The highest BCUT2D eigenvalue weighted by Gasteiger charge is 2.14. The van der Waals surface area contributed by atoms with E-state index < -0.39 is 5.97 Å². The molecule has 0 heterocycles. The lowest BCUT2D eigenvalue weighted by Crippen LogP contribution is -2.12.